The summed E-state index contributed by atoms with van der Waals surface area (Å²) in [6.07, 6.45) is 3.61. The van der Waals surface area contributed by atoms with Gasteiger partial charge in [0.1, 0.15) is 0 Å². The van der Waals surface area contributed by atoms with Crippen molar-refractivity contribution in [3.8, 4) is 0 Å². The highest BCUT2D eigenvalue weighted by Gasteiger charge is 2.34. The molecule has 1 aliphatic rings. The Morgan fingerprint density at radius 3 is 2.10 bits per heavy atom. The lowest BCUT2D eigenvalue weighted by atomic mass is 9.85. The van der Waals surface area contributed by atoms with E-state index in [0.717, 1.165) is 6.42 Å². The molecule has 0 aromatic heterocycles. The number of aryl methyl sites for hydroxylation is 3. The van der Waals surface area contributed by atoms with Gasteiger partial charge in [-0.15, -0.1) is 0 Å². The van der Waals surface area contributed by atoms with E-state index in [0.29, 0.717) is 0 Å². The van der Waals surface area contributed by atoms with E-state index in [1.165, 1.54) is 48.2 Å². The molecule has 1 aliphatic heterocycles. The van der Waals surface area contributed by atoms with E-state index in [1.807, 2.05) is 0 Å². The lowest BCUT2D eigenvalue weighted by Gasteiger charge is -2.40. The van der Waals surface area contributed by atoms with E-state index in [-0.39, 0.29) is 11.6 Å². The molecule has 0 spiro atoms. The average Bonchev–Trinajstić information content (AvgIpc) is 2.87. The van der Waals surface area contributed by atoms with Crippen LogP contribution >= 0.6 is 0 Å². The summed E-state index contributed by atoms with van der Waals surface area (Å²) in [5.74, 6) is 0. The van der Waals surface area contributed by atoms with E-state index in [2.05, 4.69) is 51.7 Å². The standard InChI is InChI=1S/C18H30N2/c1-13-10-14(2)16(15(3)11-13)12-17(19)18(4,5)20-8-6-7-9-20/h10-11,17H,6-9,12,19H2,1-5H3. The number of nitrogens with zero attached hydrogens (tertiary/aromatic N) is 1. The summed E-state index contributed by atoms with van der Waals surface area (Å²) in [6.45, 7) is 13.6. The van der Waals surface area contributed by atoms with Crippen molar-refractivity contribution < 1.29 is 0 Å². The molecule has 1 aromatic carbocycles. The normalized spacial score (nSPS) is 18.5. The van der Waals surface area contributed by atoms with Crippen LogP contribution in [-0.2, 0) is 6.42 Å². The van der Waals surface area contributed by atoms with Crippen LogP contribution in [0.4, 0.5) is 0 Å². The molecule has 1 atom stereocenters. The fraction of sp³-hybridized carbons (Fsp3) is 0.667. The predicted molar refractivity (Wildman–Crippen MR) is 87.2 cm³/mol. The first kappa shape index (κ1) is 15.5. The molecule has 2 nitrogen and oxygen atoms in total. The van der Waals surface area contributed by atoms with Gasteiger partial charge >= 0.3 is 0 Å². The lowest BCUT2D eigenvalue weighted by molar-refractivity contribution is 0.123. The Morgan fingerprint density at radius 2 is 1.60 bits per heavy atom. The van der Waals surface area contributed by atoms with Crippen LogP contribution < -0.4 is 5.73 Å². The van der Waals surface area contributed by atoms with Gasteiger partial charge in [0.15, 0.2) is 0 Å². The van der Waals surface area contributed by atoms with Gasteiger partial charge in [-0.3, -0.25) is 4.90 Å². The van der Waals surface area contributed by atoms with Crippen LogP contribution in [0.25, 0.3) is 0 Å². The van der Waals surface area contributed by atoms with Crippen LogP contribution in [0.1, 0.15) is 48.9 Å². The number of hydrogen-bond donors (Lipinski definition) is 1. The van der Waals surface area contributed by atoms with E-state index in [9.17, 15) is 0 Å². The maximum atomic E-state index is 6.60. The maximum Gasteiger partial charge on any atom is 0.0307 e. The summed E-state index contributed by atoms with van der Waals surface area (Å²) in [5.41, 5.74) is 12.2. The lowest BCUT2D eigenvalue weighted by Crippen LogP contribution is -2.56. The van der Waals surface area contributed by atoms with Crippen molar-refractivity contribution in [2.75, 3.05) is 13.1 Å². The van der Waals surface area contributed by atoms with Crippen molar-refractivity contribution in [3.63, 3.8) is 0 Å². The van der Waals surface area contributed by atoms with Gasteiger partial charge in [0.2, 0.25) is 0 Å². The Balaban J connectivity index is 2.17. The third-order valence-electron chi connectivity index (χ3n) is 5.09. The molecule has 2 N–H and O–H groups in total. The fourth-order valence-corrected chi connectivity index (χ4v) is 3.53. The van der Waals surface area contributed by atoms with Crippen molar-refractivity contribution in [1.82, 2.24) is 4.90 Å². The number of likely N-dealkylation sites (tertiary alicyclic amines) is 1. The molecule has 0 aliphatic carbocycles. The quantitative estimate of drug-likeness (QED) is 0.912. The number of benzene rings is 1. The van der Waals surface area contributed by atoms with Crippen molar-refractivity contribution in [1.29, 1.82) is 0 Å². The van der Waals surface area contributed by atoms with Crippen LogP contribution in [0.3, 0.4) is 0 Å². The van der Waals surface area contributed by atoms with Crippen molar-refractivity contribution in [3.05, 3.63) is 34.4 Å². The van der Waals surface area contributed by atoms with Gasteiger partial charge in [-0.2, -0.15) is 0 Å². The summed E-state index contributed by atoms with van der Waals surface area (Å²) in [6, 6.07) is 4.73. The van der Waals surface area contributed by atoms with Crippen molar-refractivity contribution >= 4 is 0 Å². The van der Waals surface area contributed by atoms with Gasteiger partial charge in [-0.25, -0.2) is 0 Å². The molecule has 2 rings (SSSR count). The topological polar surface area (TPSA) is 29.3 Å². The third-order valence-corrected chi connectivity index (χ3v) is 5.09. The molecule has 1 saturated heterocycles. The fourth-order valence-electron chi connectivity index (χ4n) is 3.53. The zero-order chi connectivity index (χ0) is 14.9. The van der Waals surface area contributed by atoms with Crippen LogP contribution in [-0.4, -0.2) is 29.6 Å². The second-order valence-electron chi connectivity index (χ2n) is 7.04. The summed E-state index contributed by atoms with van der Waals surface area (Å²) in [7, 11) is 0. The minimum Gasteiger partial charge on any atom is -0.326 e. The van der Waals surface area contributed by atoms with Gasteiger partial charge < -0.3 is 5.73 Å². The van der Waals surface area contributed by atoms with Crippen LogP contribution in [0.15, 0.2) is 12.1 Å². The Kier molecular flexibility index (Phi) is 4.55. The molecule has 1 aromatic rings. The second kappa shape index (κ2) is 5.87. The highest BCUT2D eigenvalue weighted by atomic mass is 15.2. The SMILES string of the molecule is Cc1cc(C)c(CC(N)C(C)(C)N2CCCC2)c(C)c1. The summed E-state index contributed by atoms with van der Waals surface area (Å²) in [4.78, 5) is 2.57. The van der Waals surface area contributed by atoms with E-state index in [1.54, 1.807) is 0 Å². The average molecular weight is 274 g/mol. The van der Waals surface area contributed by atoms with Crippen LogP contribution in [0.2, 0.25) is 0 Å². The Bertz CT molecular complexity index is 447. The molecular formula is C18H30N2. The molecule has 0 amide bonds. The minimum atomic E-state index is 0.0836. The number of nitrogens with two attached hydrogens (primary N) is 1. The summed E-state index contributed by atoms with van der Waals surface area (Å²) >= 11 is 0. The first-order valence-electron chi connectivity index (χ1n) is 7.89. The second-order valence-corrected chi connectivity index (χ2v) is 7.04. The van der Waals surface area contributed by atoms with Crippen molar-refractivity contribution in [2.24, 2.45) is 5.73 Å². The third kappa shape index (κ3) is 3.07. The molecule has 1 unspecified atom stereocenters. The van der Waals surface area contributed by atoms with E-state index >= 15 is 0 Å². The van der Waals surface area contributed by atoms with E-state index < -0.39 is 0 Å². The molecule has 1 fully saturated rings. The minimum absolute atomic E-state index is 0.0836. The molecule has 0 radical (unpaired) electrons. The maximum absolute atomic E-state index is 6.60. The van der Waals surface area contributed by atoms with Gasteiger partial charge in [0, 0.05) is 11.6 Å². The molecule has 20 heavy (non-hydrogen) atoms. The number of rotatable bonds is 4. The monoisotopic (exact) mass is 274 g/mol. The van der Waals surface area contributed by atoms with Gasteiger partial charge in [0.05, 0.1) is 0 Å². The first-order chi connectivity index (χ1) is 9.32. The van der Waals surface area contributed by atoms with E-state index in [4.69, 9.17) is 5.73 Å². The smallest absolute Gasteiger partial charge is 0.0307 e. The summed E-state index contributed by atoms with van der Waals surface area (Å²) in [5, 5.41) is 0. The van der Waals surface area contributed by atoms with Crippen LogP contribution in [0, 0.1) is 20.8 Å². The van der Waals surface area contributed by atoms with Crippen molar-refractivity contribution in [2.45, 2.75) is 65.5 Å². The first-order valence-corrected chi connectivity index (χ1v) is 7.89. The zero-order valence-electron chi connectivity index (χ0n) is 13.8. The highest BCUT2D eigenvalue weighted by Crippen LogP contribution is 2.27. The highest BCUT2D eigenvalue weighted by molar-refractivity contribution is 5.38. The Labute approximate surface area is 124 Å². The largest absolute Gasteiger partial charge is 0.326 e. The van der Waals surface area contributed by atoms with Gasteiger partial charge in [-0.05, 0) is 83.7 Å². The Hall–Kier alpha value is -0.860. The van der Waals surface area contributed by atoms with Gasteiger partial charge in [0.25, 0.3) is 0 Å². The molecule has 112 valence electrons. The predicted octanol–water partition coefficient (Wildman–Crippen LogP) is 3.36. The zero-order valence-corrected chi connectivity index (χ0v) is 13.8. The Morgan fingerprint density at radius 1 is 1.10 bits per heavy atom. The molecule has 0 saturated carbocycles. The number of hydrogen-bond acceptors (Lipinski definition) is 2. The summed E-state index contributed by atoms with van der Waals surface area (Å²) < 4.78 is 0. The molecular weight excluding hydrogens is 244 g/mol. The van der Waals surface area contributed by atoms with Gasteiger partial charge in [-0.1, -0.05) is 17.7 Å². The molecule has 0 bridgehead atoms. The molecule has 2 heteroatoms. The molecule has 1 heterocycles. The van der Waals surface area contributed by atoms with Crippen LogP contribution in [0.5, 0.6) is 0 Å².